The average Bonchev–Trinajstić information content (AvgIpc) is 2.25. The van der Waals surface area contributed by atoms with Crippen LogP contribution in [0.5, 0.6) is 0 Å². The molecule has 0 bridgehead atoms. The summed E-state index contributed by atoms with van der Waals surface area (Å²) in [5.41, 5.74) is 7.31. The molecule has 1 aliphatic rings. The fourth-order valence-electron chi connectivity index (χ4n) is 2.37. The summed E-state index contributed by atoms with van der Waals surface area (Å²) in [4.78, 5) is 0. The van der Waals surface area contributed by atoms with Gasteiger partial charge in [-0.3, -0.25) is 0 Å². The van der Waals surface area contributed by atoms with Crippen molar-refractivity contribution in [2.45, 2.75) is 24.8 Å². The van der Waals surface area contributed by atoms with E-state index in [4.69, 9.17) is 5.73 Å². The second-order valence-electron chi connectivity index (χ2n) is 4.72. The standard InChI is InChI=1S/C14H14FN/c15-13-5-3-10-8-12(4-2-11(10)9-13)14(16)6-1-7-14/h2-5,8-9H,1,6-7,16H2. The molecule has 2 N–H and O–H groups in total. The lowest BCUT2D eigenvalue weighted by Gasteiger charge is -2.38. The van der Waals surface area contributed by atoms with Crippen LogP contribution < -0.4 is 5.73 Å². The topological polar surface area (TPSA) is 26.0 Å². The van der Waals surface area contributed by atoms with Gasteiger partial charge in [-0.25, -0.2) is 4.39 Å². The van der Waals surface area contributed by atoms with E-state index in [9.17, 15) is 4.39 Å². The summed E-state index contributed by atoms with van der Waals surface area (Å²) >= 11 is 0. The first kappa shape index (κ1) is 9.79. The van der Waals surface area contributed by atoms with Gasteiger partial charge in [0.25, 0.3) is 0 Å². The lowest BCUT2D eigenvalue weighted by molar-refractivity contribution is 0.254. The molecule has 0 spiro atoms. The van der Waals surface area contributed by atoms with E-state index in [1.165, 1.54) is 18.1 Å². The lowest BCUT2D eigenvalue weighted by atomic mass is 9.72. The molecule has 1 nitrogen and oxygen atoms in total. The van der Waals surface area contributed by atoms with Crippen LogP contribution in [0.3, 0.4) is 0 Å². The fraction of sp³-hybridized carbons (Fsp3) is 0.286. The van der Waals surface area contributed by atoms with Crippen LogP contribution in [0.2, 0.25) is 0 Å². The third-order valence-corrected chi connectivity index (χ3v) is 3.62. The highest BCUT2D eigenvalue weighted by molar-refractivity contribution is 5.83. The Morgan fingerprint density at radius 3 is 2.38 bits per heavy atom. The molecule has 2 heteroatoms. The molecule has 0 radical (unpaired) electrons. The normalized spacial score (nSPS) is 18.4. The quantitative estimate of drug-likeness (QED) is 0.776. The van der Waals surface area contributed by atoms with Crippen molar-refractivity contribution >= 4 is 10.8 Å². The summed E-state index contributed by atoms with van der Waals surface area (Å²) in [6.07, 6.45) is 3.32. The van der Waals surface area contributed by atoms with E-state index in [1.807, 2.05) is 18.2 Å². The number of hydrogen-bond donors (Lipinski definition) is 1. The maximum Gasteiger partial charge on any atom is 0.123 e. The molecule has 3 rings (SSSR count). The maximum atomic E-state index is 13.0. The Bertz CT molecular complexity index is 543. The monoisotopic (exact) mass is 215 g/mol. The van der Waals surface area contributed by atoms with Crippen molar-refractivity contribution in [2.24, 2.45) is 5.73 Å². The zero-order valence-corrected chi connectivity index (χ0v) is 9.04. The number of halogens is 1. The molecule has 0 aromatic heterocycles. The maximum absolute atomic E-state index is 13.0. The van der Waals surface area contributed by atoms with E-state index in [2.05, 4.69) is 6.07 Å². The van der Waals surface area contributed by atoms with Crippen LogP contribution in [0.15, 0.2) is 36.4 Å². The van der Waals surface area contributed by atoms with Gasteiger partial charge in [-0.15, -0.1) is 0 Å². The van der Waals surface area contributed by atoms with E-state index >= 15 is 0 Å². The minimum atomic E-state index is -0.189. The van der Waals surface area contributed by atoms with Gasteiger partial charge in [0.05, 0.1) is 0 Å². The van der Waals surface area contributed by atoms with E-state index in [1.54, 1.807) is 6.07 Å². The average molecular weight is 215 g/mol. The largest absolute Gasteiger partial charge is 0.321 e. The zero-order chi connectivity index (χ0) is 11.2. The van der Waals surface area contributed by atoms with Gasteiger partial charge >= 0.3 is 0 Å². The molecule has 0 aliphatic heterocycles. The molecule has 1 aliphatic carbocycles. The minimum absolute atomic E-state index is 0.136. The SMILES string of the molecule is NC1(c2ccc3cc(F)ccc3c2)CCC1. The van der Waals surface area contributed by atoms with Crippen molar-refractivity contribution in [2.75, 3.05) is 0 Å². The molecule has 2 aromatic carbocycles. The molecule has 1 saturated carbocycles. The summed E-state index contributed by atoms with van der Waals surface area (Å²) in [5.74, 6) is -0.189. The Hall–Kier alpha value is -1.41. The first-order valence-electron chi connectivity index (χ1n) is 5.66. The van der Waals surface area contributed by atoms with Gasteiger partial charge in [0.2, 0.25) is 0 Å². The third-order valence-electron chi connectivity index (χ3n) is 3.62. The first-order chi connectivity index (χ1) is 7.67. The Balaban J connectivity index is 2.12. The zero-order valence-electron chi connectivity index (χ0n) is 9.04. The minimum Gasteiger partial charge on any atom is -0.321 e. The molecule has 2 aromatic rings. The lowest BCUT2D eigenvalue weighted by Crippen LogP contribution is -2.43. The van der Waals surface area contributed by atoms with Crippen LogP contribution in [0.1, 0.15) is 24.8 Å². The smallest absolute Gasteiger partial charge is 0.123 e. The van der Waals surface area contributed by atoms with Gasteiger partial charge in [0.1, 0.15) is 5.82 Å². The van der Waals surface area contributed by atoms with Gasteiger partial charge in [-0.1, -0.05) is 18.2 Å². The second-order valence-corrected chi connectivity index (χ2v) is 4.72. The number of nitrogens with two attached hydrogens (primary N) is 1. The molecule has 0 saturated heterocycles. The van der Waals surface area contributed by atoms with E-state index in [0.29, 0.717) is 0 Å². The molecule has 16 heavy (non-hydrogen) atoms. The Kier molecular flexibility index (Phi) is 2.01. The summed E-state index contributed by atoms with van der Waals surface area (Å²) in [7, 11) is 0. The summed E-state index contributed by atoms with van der Waals surface area (Å²) < 4.78 is 13.0. The number of benzene rings is 2. The van der Waals surface area contributed by atoms with Gasteiger partial charge in [-0.2, -0.15) is 0 Å². The Morgan fingerprint density at radius 1 is 1.00 bits per heavy atom. The van der Waals surface area contributed by atoms with Crippen LogP contribution in [0.4, 0.5) is 4.39 Å². The van der Waals surface area contributed by atoms with Crippen LogP contribution in [-0.4, -0.2) is 0 Å². The first-order valence-corrected chi connectivity index (χ1v) is 5.66. The predicted octanol–water partition coefficient (Wildman–Crippen LogP) is 3.32. The molecule has 82 valence electrons. The van der Waals surface area contributed by atoms with Gasteiger partial charge < -0.3 is 5.73 Å². The highest BCUT2D eigenvalue weighted by atomic mass is 19.1. The van der Waals surface area contributed by atoms with E-state index in [0.717, 1.165) is 23.6 Å². The highest BCUT2D eigenvalue weighted by Crippen LogP contribution is 2.39. The van der Waals surface area contributed by atoms with Crippen molar-refractivity contribution in [3.8, 4) is 0 Å². The van der Waals surface area contributed by atoms with Crippen molar-refractivity contribution in [3.63, 3.8) is 0 Å². The Morgan fingerprint density at radius 2 is 1.69 bits per heavy atom. The van der Waals surface area contributed by atoms with E-state index < -0.39 is 0 Å². The van der Waals surface area contributed by atoms with E-state index in [-0.39, 0.29) is 11.4 Å². The Labute approximate surface area is 94.1 Å². The van der Waals surface area contributed by atoms with Crippen molar-refractivity contribution in [1.29, 1.82) is 0 Å². The summed E-state index contributed by atoms with van der Waals surface area (Å²) in [6, 6.07) is 10.9. The molecule has 0 unspecified atom stereocenters. The molecule has 1 fully saturated rings. The van der Waals surface area contributed by atoms with Crippen molar-refractivity contribution < 1.29 is 4.39 Å². The number of rotatable bonds is 1. The van der Waals surface area contributed by atoms with Gasteiger partial charge in [-0.05, 0) is 53.8 Å². The molecule has 0 amide bonds. The van der Waals surface area contributed by atoms with Crippen molar-refractivity contribution in [3.05, 3.63) is 47.8 Å². The van der Waals surface area contributed by atoms with Gasteiger partial charge in [0.15, 0.2) is 0 Å². The van der Waals surface area contributed by atoms with Crippen molar-refractivity contribution in [1.82, 2.24) is 0 Å². The second kappa shape index (κ2) is 3.29. The summed E-state index contributed by atoms with van der Waals surface area (Å²) in [5, 5.41) is 2.00. The van der Waals surface area contributed by atoms with Crippen LogP contribution in [0.25, 0.3) is 10.8 Å². The summed E-state index contributed by atoms with van der Waals surface area (Å²) in [6.45, 7) is 0. The highest BCUT2D eigenvalue weighted by Gasteiger charge is 2.34. The number of fused-ring (bicyclic) bond motifs is 1. The molecular formula is C14H14FN. The van der Waals surface area contributed by atoms with Crippen LogP contribution in [0, 0.1) is 5.82 Å². The van der Waals surface area contributed by atoms with Gasteiger partial charge in [0, 0.05) is 5.54 Å². The number of hydrogen-bond acceptors (Lipinski definition) is 1. The third kappa shape index (κ3) is 1.41. The molecule has 0 atom stereocenters. The fourth-order valence-corrected chi connectivity index (χ4v) is 2.37. The van der Waals surface area contributed by atoms with Crippen LogP contribution in [-0.2, 0) is 5.54 Å². The van der Waals surface area contributed by atoms with Crippen LogP contribution >= 0.6 is 0 Å². The molecular weight excluding hydrogens is 201 g/mol. The molecule has 0 heterocycles. The predicted molar refractivity (Wildman–Crippen MR) is 63.6 cm³/mol.